The molecule has 0 aromatic heterocycles. The van der Waals surface area contributed by atoms with E-state index >= 15 is 0 Å². The molecule has 138 valence electrons. The molecule has 2 aromatic carbocycles. The molecule has 1 aliphatic rings. The van der Waals surface area contributed by atoms with Crippen LogP contribution in [0.2, 0.25) is 0 Å². The highest BCUT2D eigenvalue weighted by molar-refractivity contribution is 5.94. The first-order valence-corrected chi connectivity index (χ1v) is 9.61. The van der Waals surface area contributed by atoms with Crippen LogP contribution in [0.3, 0.4) is 0 Å². The molecule has 1 aliphatic heterocycles. The van der Waals surface area contributed by atoms with Gasteiger partial charge in [0.25, 0.3) is 0 Å². The number of nitrogen functional groups attached to an aromatic ring is 1. The number of amides is 1. The largest absolute Gasteiger partial charge is 0.399 e. The summed E-state index contributed by atoms with van der Waals surface area (Å²) in [4.78, 5) is 17.1. The summed E-state index contributed by atoms with van der Waals surface area (Å²) in [5.74, 6) is 0.179. The number of nitrogens with two attached hydrogens (primary N) is 1. The van der Waals surface area contributed by atoms with E-state index in [2.05, 4.69) is 35.2 Å². The van der Waals surface area contributed by atoms with Crippen LogP contribution in [0.25, 0.3) is 0 Å². The van der Waals surface area contributed by atoms with Gasteiger partial charge in [-0.3, -0.25) is 4.79 Å². The number of carbonyl (C=O) groups excluding carboxylic acids is 1. The fourth-order valence-electron chi connectivity index (χ4n) is 3.74. The Morgan fingerprint density at radius 1 is 1.12 bits per heavy atom. The lowest BCUT2D eigenvalue weighted by molar-refractivity contribution is -0.119. The highest BCUT2D eigenvalue weighted by Crippen LogP contribution is 2.26. The summed E-state index contributed by atoms with van der Waals surface area (Å²) in [5.41, 5.74) is 8.96. The van der Waals surface area contributed by atoms with Crippen molar-refractivity contribution in [1.82, 2.24) is 4.90 Å². The molecule has 0 spiro atoms. The second-order valence-corrected chi connectivity index (χ2v) is 7.02. The van der Waals surface area contributed by atoms with Gasteiger partial charge in [0, 0.05) is 43.5 Å². The van der Waals surface area contributed by atoms with Crippen LogP contribution in [0.5, 0.6) is 0 Å². The van der Waals surface area contributed by atoms with Crippen molar-refractivity contribution in [2.45, 2.75) is 38.6 Å². The van der Waals surface area contributed by atoms with Crippen molar-refractivity contribution in [3.8, 4) is 0 Å². The lowest BCUT2D eigenvalue weighted by Crippen LogP contribution is -2.48. The minimum atomic E-state index is 0.179. The van der Waals surface area contributed by atoms with Gasteiger partial charge in [-0.1, -0.05) is 43.3 Å². The molecule has 3 rings (SSSR count). The number of benzene rings is 2. The van der Waals surface area contributed by atoms with Crippen molar-refractivity contribution in [3.63, 3.8) is 0 Å². The number of rotatable bonds is 6. The van der Waals surface area contributed by atoms with E-state index in [1.807, 2.05) is 36.1 Å². The van der Waals surface area contributed by atoms with Gasteiger partial charge >= 0.3 is 0 Å². The maximum atomic E-state index is 12.6. The highest BCUT2D eigenvalue weighted by atomic mass is 16.2. The first kappa shape index (κ1) is 18.5. The van der Waals surface area contributed by atoms with Crippen molar-refractivity contribution < 1.29 is 4.79 Å². The zero-order valence-corrected chi connectivity index (χ0v) is 15.6. The Hall–Kier alpha value is -2.33. The van der Waals surface area contributed by atoms with E-state index in [-0.39, 0.29) is 11.9 Å². The SMILES string of the molecule is CCC(=O)N(c1cccc(N)c1)C1CCN(CCc2ccccc2)CC1. The van der Waals surface area contributed by atoms with Crippen LogP contribution in [0.15, 0.2) is 54.6 Å². The molecule has 4 nitrogen and oxygen atoms in total. The third-order valence-corrected chi connectivity index (χ3v) is 5.20. The van der Waals surface area contributed by atoms with E-state index in [0.717, 1.165) is 44.6 Å². The number of nitrogens with zero attached hydrogens (tertiary/aromatic N) is 2. The zero-order valence-electron chi connectivity index (χ0n) is 15.6. The smallest absolute Gasteiger partial charge is 0.226 e. The van der Waals surface area contributed by atoms with Gasteiger partial charge in [-0.15, -0.1) is 0 Å². The van der Waals surface area contributed by atoms with Crippen LogP contribution in [0.4, 0.5) is 11.4 Å². The normalized spacial score (nSPS) is 15.7. The average Bonchev–Trinajstić information content (AvgIpc) is 2.68. The van der Waals surface area contributed by atoms with Crippen molar-refractivity contribution in [1.29, 1.82) is 0 Å². The fourth-order valence-corrected chi connectivity index (χ4v) is 3.74. The summed E-state index contributed by atoms with van der Waals surface area (Å²) in [7, 11) is 0. The second-order valence-electron chi connectivity index (χ2n) is 7.02. The van der Waals surface area contributed by atoms with Gasteiger partial charge in [-0.2, -0.15) is 0 Å². The number of anilines is 2. The third-order valence-electron chi connectivity index (χ3n) is 5.20. The quantitative estimate of drug-likeness (QED) is 0.807. The van der Waals surface area contributed by atoms with Crippen LogP contribution in [-0.2, 0) is 11.2 Å². The van der Waals surface area contributed by atoms with Gasteiger partial charge in [0.05, 0.1) is 0 Å². The van der Waals surface area contributed by atoms with Crippen LogP contribution in [-0.4, -0.2) is 36.5 Å². The van der Waals surface area contributed by atoms with Crippen molar-refractivity contribution in [2.24, 2.45) is 0 Å². The summed E-state index contributed by atoms with van der Waals surface area (Å²) >= 11 is 0. The lowest BCUT2D eigenvalue weighted by atomic mass is 10.0. The van der Waals surface area contributed by atoms with Crippen molar-refractivity contribution in [2.75, 3.05) is 30.3 Å². The van der Waals surface area contributed by atoms with E-state index in [1.165, 1.54) is 5.56 Å². The summed E-state index contributed by atoms with van der Waals surface area (Å²) in [6, 6.07) is 18.6. The molecule has 0 unspecified atom stereocenters. The molecular formula is C22H29N3O. The van der Waals surface area contributed by atoms with Crippen LogP contribution < -0.4 is 10.6 Å². The molecule has 0 atom stereocenters. The first-order chi connectivity index (χ1) is 12.7. The van der Waals surface area contributed by atoms with Gasteiger partial charge in [0.2, 0.25) is 5.91 Å². The molecule has 1 amide bonds. The number of hydrogen-bond acceptors (Lipinski definition) is 3. The third kappa shape index (κ3) is 4.64. The summed E-state index contributed by atoms with van der Waals surface area (Å²) in [6.07, 6.45) is 3.62. The van der Waals surface area contributed by atoms with Crippen molar-refractivity contribution >= 4 is 17.3 Å². The summed E-state index contributed by atoms with van der Waals surface area (Å²) < 4.78 is 0. The predicted octanol–water partition coefficient (Wildman–Crippen LogP) is 3.72. The highest BCUT2D eigenvalue weighted by Gasteiger charge is 2.28. The molecule has 4 heteroatoms. The average molecular weight is 351 g/mol. The Labute approximate surface area is 156 Å². The maximum absolute atomic E-state index is 12.6. The Morgan fingerprint density at radius 3 is 2.50 bits per heavy atom. The summed E-state index contributed by atoms with van der Waals surface area (Å²) in [5, 5.41) is 0. The van der Waals surface area contributed by atoms with E-state index in [9.17, 15) is 4.79 Å². The molecule has 2 aromatic rings. The van der Waals surface area contributed by atoms with Gasteiger partial charge in [0.15, 0.2) is 0 Å². The lowest BCUT2D eigenvalue weighted by Gasteiger charge is -2.38. The van der Waals surface area contributed by atoms with Gasteiger partial charge in [-0.25, -0.2) is 0 Å². The van der Waals surface area contributed by atoms with E-state index in [0.29, 0.717) is 12.1 Å². The monoisotopic (exact) mass is 351 g/mol. The second kappa shape index (κ2) is 8.86. The topological polar surface area (TPSA) is 49.6 Å². The van der Waals surface area contributed by atoms with E-state index < -0.39 is 0 Å². The van der Waals surface area contributed by atoms with Gasteiger partial charge in [-0.05, 0) is 43.0 Å². The van der Waals surface area contributed by atoms with Gasteiger partial charge < -0.3 is 15.5 Å². The Balaban J connectivity index is 1.60. The molecule has 2 N–H and O–H groups in total. The molecule has 1 heterocycles. The van der Waals surface area contributed by atoms with E-state index in [1.54, 1.807) is 0 Å². The van der Waals surface area contributed by atoms with E-state index in [4.69, 9.17) is 5.73 Å². The molecule has 0 radical (unpaired) electrons. The fraction of sp³-hybridized carbons (Fsp3) is 0.409. The van der Waals surface area contributed by atoms with Crippen molar-refractivity contribution in [3.05, 3.63) is 60.2 Å². The predicted molar refractivity (Wildman–Crippen MR) is 108 cm³/mol. The Bertz CT molecular complexity index is 708. The number of piperidine rings is 1. The maximum Gasteiger partial charge on any atom is 0.226 e. The minimum absolute atomic E-state index is 0.179. The number of carbonyl (C=O) groups is 1. The number of likely N-dealkylation sites (tertiary alicyclic amines) is 1. The molecule has 0 aliphatic carbocycles. The standard InChI is InChI=1S/C22H29N3O/c1-2-22(26)25(21-10-6-9-19(23)17-21)20-12-15-24(16-13-20)14-11-18-7-4-3-5-8-18/h3-10,17,20H,2,11-16,23H2,1H3. The molecule has 1 saturated heterocycles. The number of hydrogen-bond donors (Lipinski definition) is 1. The zero-order chi connectivity index (χ0) is 18.4. The minimum Gasteiger partial charge on any atom is -0.399 e. The molecule has 26 heavy (non-hydrogen) atoms. The first-order valence-electron chi connectivity index (χ1n) is 9.61. The van der Waals surface area contributed by atoms with Crippen LogP contribution in [0.1, 0.15) is 31.7 Å². The molecule has 1 fully saturated rings. The van der Waals surface area contributed by atoms with Gasteiger partial charge in [0.1, 0.15) is 0 Å². The summed E-state index contributed by atoms with van der Waals surface area (Å²) in [6.45, 7) is 5.08. The Kier molecular flexibility index (Phi) is 6.29. The molecule has 0 bridgehead atoms. The Morgan fingerprint density at radius 2 is 1.85 bits per heavy atom. The van der Waals surface area contributed by atoms with Crippen LogP contribution in [0, 0.1) is 0 Å². The van der Waals surface area contributed by atoms with Crippen LogP contribution >= 0.6 is 0 Å². The molecular weight excluding hydrogens is 322 g/mol. The molecule has 0 saturated carbocycles.